The van der Waals surface area contributed by atoms with Crippen LogP contribution in [0.2, 0.25) is 0 Å². The first-order chi connectivity index (χ1) is 15.6. The van der Waals surface area contributed by atoms with E-state index in [0.717, 1.165) is 11.3 Å². The highest BCUT2D eigenvalue weighted by atomic mass is 32.1. The predicted octanol–water partition coefficient (Wildman–Crippen LogP) is 3.81. The average molecular weight is 445 g/mol. The fourth-order valence-electron chi connectivity index (χ4n) is 3.40. The van der Waals surface area contributed by atoms with Crippen LogP contribution in [-0.4, -0.2) is 35.2 Å². The van der Waals surface area contributed by atoms with Gasteiger partial charge in [-0.1, -0.05) is 30.3 Å². The van der Waals surface area contributed by atoms with E-state index in [1.54, 1.807) is 43.7 Å². The zero-order valence-corrected chi connectivity index (χ0v) is 18.1. The summed E-state index contributed by atoms with van der Waals surface area (Å²) in [6, 6.07) is 21.7. The Bertz CT molecular complexity index is 1180. The summed E-state index contributed by atoms with van der Waals surface area (Å²) in [5.74, 6) is -0.0515. The Labute approximate surface area is 190 Å². The number of fused-ring (bicyclic) bond motifs is 1. The van der Waals surface area contributed by atoms with Crippen molar-refractivity contribution < 1.29 is 14.3 Å². The molecule has 0 fully saturated rings. The Balaban J connectivity index is 1.46. The first-order valence-electron chi connectivity index (χ1n) is 9.84. The maximum atomic E-state index is 12.7. The second kappa shape index (κ2) is 9.40. The molecule has 0 spiro atoms. The lowest BCUT2D eigenvalue weighted by Gasteiger charge is -2.16. The molecule has 4 rings (SSSR count). The number of hydrogen-bond acceptors (Lipinski definition) is 5. The van der Waals surface area contributed by atoms with E-state index >= 15 is 0 Å². The molecule has 0 saturated heterocycles. The van der Waals surface area contributed by atoms with Crippen molar-refractivity contribution in [3.63, 3.8) is 0 Å². The van der Waals surface area contributed by atoms with E-state index in [-0.39, 0.29) is 18.4 Å². The molecule has 3 aromatic rings. The monoisotopic (exact) mass is 444 g/mol. The number of benzene rings is 3. The van der Waals surface area contributed by atoms with Crippen molar-refractivity contribution in [2.75, 3.05) is 12.4 Å². The number of thiocarbonyl (C=S) groups is 1. The molecule has 1 aliphatic rings. The van der Waals surface area contributed by atoms with Gasteiger partial charge < -0.3 is 10.1 Å². The Morgan fingerprint density at radius 2 is 1.66 bits per heavy atom. The fraction of sp³-hybridized carbons (Fsp3) is 0.0833. The minimum absolute atomic E-state index is 0.0958. The summed E-state index contributed by atoms with van der Waals surface area (Å²) < 4.78 is 5.43. The summed E-state index contributed by atoms with van der Waals surface area (Å²) in [6.45, 7) is 0.0958. The van der Waals surface area contributed by atoms with Gasteiger partial charge >= 0.3 is 0 Å². The van der Waals surface area contributed by atoms with E-state index in [1.807, 2.05) is 42.5 Å². The Morgan fingerprint density at radius 1 is 1.00 bits per heavy atom. The second-order valence-electron chi connectivity index (χ2n) is 7.00. The number of hydrogen-bond donors (Lipinski definition) is 2. The fourth-order valence-corrected chi connectivity index (χ4v) is 3.57. The smallest absolute Gasteiger partial charge is 0.261 e. The lowest BCUT2D eigenvalue weighted by atomic mass is 10.1. The number of anilines is 1. The number of carbonyl (C=O) groups is 2. The molecule has 3 aromatic carbocycles. The number of nitrogens with zero attached hydrogens (tertiary/aromatic N) is 2. The Kier molecular flexibility index (Phi) is 6.23. The quantitative estimate of drug-likeness (QED) is 0.260. The SMILES string of the molecule is COc1ccc(/C=N\NC(=S)Nc2ccccc2)cc1CN1C(=O)c2ccccc2C1=O. The van der Waals surface area contributed by atoms with E-state index in [1.165, 1.54) is 4.90 Å². The molecular weight excluding hydrogens is 424 g/mol. The van der Waals surface area contributed by atoms with Crippen LogP contribution >= 0.6 is 12.2 Å². The lowest BCUT2D eigenvalue weighted by Crippen LogP contribution is -2.29. The number of nitrogens with one attached hydrogen (secondary N) is 2. The van der Waals surface area contributed by atoms with E-state index in [0.29, 0.717) is 27.6 Å². The van der Waals surface area contributed by atoms with Crippen LogP contribution in [-0.2, 0) is 6.54 Å². The molecule has 8 heteroatoms. The molecule has 0 unspecified atom stereocenters. The summed E-state index contributed by atoms with van der Waals surface area (Å²) in [7, 11) is 1.55. The predicted molar refractivity (Wildman–Crippen MR) is 127 cm³/mol. The first-order valence-corrected chi connectivity index (χ1v) is 10.2. The van der Waals surface area contributed by atoms with Gasteiger partial charge in [-0.2, -0.15) is 5.10 Å². The van der Waals surface area contributed by atoms with Crippen LogP contribution in [0.5, 0.6) is 5.75 Å². The van der Waals surface area contributed by atoms with Gasteiger partial charge in [-0.05, 0) is 60.2 Å². The summed E-state index contributed by atoms with van der Waals surface area (Å²) in [6.07, 6.45) is 1.60. The minimum atomic E-state index is -0.314. The molecule has 7 nitrogen and oxygen atoms in total. The molecule has 0 saturated carbocycles. The van der Waals surface area contributed by atoms with Gasteiger partial charge in [0, 0.05) is 11.3 Å². The van der Waals surface area contributed by atoms with Crippen molar-refractivity contribution in [2.24, 2.45) is 5.10 Å². The van der Waals surface area contributed by atoms with Gasteiger partial charge in [0.25, 0.3) is 11.8 Å². The lowest BCUT2D eigenvalue weighted by molar-refractivity contribution is 0.0641. The van der Waals surface area contributed by atoms with Crippen LogP contribution < -0.4 is 15.5 Å². The number of ether oxygens (including phenoxy) is 1. The average Bonchev–Trinajstić information content (AvgIpc) is 3.05. The largest absolute Gasteiger partial charge is 0.496 e. The third-order valence-corrected chi connectivity index (χ3v) is 5.12. The van der Waals surface area contributed by atoms with Crippen molar-refractivity contribution >= 4 is 41.0 Å². The van der Waals surface area contributed by atoms with Crippen molar-refractivity contribution in [1.29, 1.82) is 0 Å². The molecular formula is C24H20N4O3S. The summed E-state index contributed by atoms with van der Waals surface area (Å²) >= 11 is 5.23. The van der Waals surface area contributed by atoms with Gasteiger partial charge in [-0.3, -0.25) is 19.9 Å². The van der Waals surface area contributed by atoms with Crippen molar-refractivity contribution in [3.8, 4) is 5.75 Å². The minimum Gasteiger partial charge on any atom is -0.496 e. The maximum absolute atomic E-state index is 12.7. The highest BCUT2D eigenvalue weighted by Crippen LogP contribution is 2.27. The van der Waals surface area contributed by atoms with Gasteiger partial charge in [0.15, 0.2) is 5.11 Å². The standard InChI is InChI=1S/C24H20N4O3S/c1-31-21-12-11-16(14-25-27-24(32)26-18-7-3-2-4-8-18)13-17(21)15-28-22(29)19-9-5-6-10-20(19)23(28)30/h2-14H,15H2,1H3,(H2,26,27,32)/b25-14-. The second-order valence-corrected chi connectivity index (χ2v) is 7.41. The first kappa shape index (κ1) is 21.2. The summed E-state index contributed by atoms with van der Waals surface area (Å²) in [5.41, 5.74) is 5.90. The van der Waals surface area contributed by atoms with Crippen LogP contribution in [0.3, 0.4) is 0 Å². The van der Waals surface area contributed by atoms with Crippen molar-refractivity contribution in [2.45, 2.75) is 6.54 Å². The number of carbonyl (C=O) groups excluding carboxylic acids is 2. The molecule has 2 N–H and O–H groups in total. The third kappa shape index (κ3) is 4.50. The normalized spacial score (nSPS) is 12.7. The molecule has 0 radical (unpaired) electrons. The van der Waals surface area contributed by atoms with Gasteiger partial charge in [-0.15, -0.1) is 0 Å². The molecule has 0 aromatic heterocycles. The third-order valence-electron chi connectivity index (χ3n) is 4.92. The number of imide groups is 1. The topological polar surface area (TPSA) is 83.0 Å². The van der Waals surface area contributed by atoms with Crippen LogP contribution in [0.1, 0.15) is 31.8 Å². The maximum Gasteiger partial charge on any atom is 0.261 e. The molecule has 1 aliphatic heterocycles. The van der Waals surface area contributed by atoms with Crippen LogP contribution in [0.25, 0.3) is 0 Å². The highest BCUT2D eigenvalue weighted by molar-refractivity contribution is 7.80. The molecule has 0 bridgehead atoms. The van der Waals surface area contributed by atoms with Gasteiger partial charge in [0.2, 0.25) is 0 Å². The Morgan fingerprint density at radius 3 is 2.31 bits per heavy atom. The van der Waals surface area contributed by atoms with Gasteiger partial charge in [-0.25, -0.2) is 0 Å². The summed E-state index contributed by atoms with van der Waals surface area (Å²) in [5, 5.41) is 7.54. The number of para-hydroxylation sites is 1. The number of hydrazone groups is 1. The van der Waals surface area contributed by atoms with Crippen LogP contribution in [0.15, 0.2) is 77.9 Å². The van der Waals surface area contributed by atoms with E-state index in [4.69, 9.17) is 17.0 Å². The van der Waals surface area contributed by atoms with Crippen LogP contribution in [0, 0.1) is 0 Å². The molecule has 2 amide bonds. The van der Waals surface area contributed by atoms with Gasteiger partial charge in [0.1, 0.15) is 5.75 Å². The molecule has 0 aliphatic carbocycles. The van der Waals surface area contributed by atoms with Crippen LogP contribution in [0.4, 0.5) is 5.69 Å². The van der Waals surface area contributed by atoms with Crippen molar-refractivity contribution in [1.82, 2.24) is 10.3 Å². The van der Waals surface area contributed by atoms with E-state index < -0.39 is 0 Å². The zero-order valence-electron chi connectivity index (χ0n) is 17.2. The Hall–Kier alpha value is -4.04. The zero-order chi connectivity index (χ0) is 22.5. The highest BCUT2D eigenvalue weighted by Gasteiger charge is 2.35. The summed E-state index contributed by atoms with van der Waals surface area (Å²) in [4.78, 5) is 26.6. The molecule has 1 heterocycles. The van der Waals surface area contributed by atoms with Crippen molar-refractivity contribution in [3.05, 3.63) is 95.1 Å². The molecule has 0 atom stereocenters. The van der Waals surface area contributed by atoms with Gasteiger partial charge in [0.05, 0.1) is 31.0 Å². The number of amides is 2. The number of rotatable bonds is 6. The van der Waals surface area contributed by atoms with E-state index in [2.05, 4.69) is 15.8 Å². The molecule has 160 valence electrons. The molecule has 32 heavy (non-hydrogen) atoms. The number of methoxy groups -OCH3 is 1. The van der Waals surface area contributed by atoms with E-state index in [9.17, 15) is 9.59 Å².